The lowest BCUT2D eigenvalue weighted by atomic mass is 10.2. The van der Waals surface area contributed by atoms with Crippen LogP contribution in [0.2, 0.25) is 0 Å². The van der Waals surface area contributed by atoms with Crippen molar-refractivity contribution in [1.82, 2.24) is 0 Å². The Morgan fingerprint density at radius 1 is 1.09 bits per heavy atom. The molecule has 0 saturated carbocycles. The number of ether oxygens (including phenoxy) is 2. The lowest BCUT2D eigenvalue weighted by Crippen LogP contribution is -2.38. The van der Waals surface area contributed by atoms with Crippen LogP contribution in [0.4, 0.5) is 0 Å². The maximum absolute atomic E-state index is 10.4. The third-order valence-electron chi connectivity index (χ3n) is 2.21. The van der Waals surface area contributed by atoms with Gasteiger partial charge in [0.05, 0.1) is 26.7 Å². The van der Waals surface area contributed by atoms with Gasteiger partial charge in [-0.3, -0.25) is 14.4 Å². The van der Waals surface area contributed by atoms with Crippen LogP contribution in [0.1, 0.15) is 18.9 Å². The minimum atomic E-state index is -0.938. The molecule has 0 aliphatic heterocycles. The summed E-state index contributed by atoms with van der Waals surface area (Å²) in [6.07, 6.45) is -0.161. The van der Waals surface area contributed by atoms with Crippen molar-refractivity contribution in [2.75, 3.05) is 14.2 Å². The van der Waals surface area contributed by atoms with E-state index in [1.165, 1.54) is 26.7 Å². The summed E-state index contributed by atoms with van der Waals surface area (Å²) in [7, 11) is 2.57. The van der Waals surface area contributed by atoms with Gasteiger partial charge in [0, 0.05) is 6.92 Å². The molecule has 0 radical (unpaired) electrons. The van der Waals surface area contributed by atoms with Crippen LogP contribution in [0.5, 0.6) is 0 Å². The first-order chi connectivity index (χ1) is 10.2. The van der Waals surface area contributed by atoms with Gasteiger partial charge >= 0.3 is 11.9 Å². The second-order valence-electron chi connectivity index (χ2n) is 4.14. The molecule has 0 saturated heterocycles. The highest BCUT2D eigenvalue weighted by molar-refractivity contribution is 5.84. The lowest BCUT2D eigenvalue weighted by Gasteiger charge is -2.03. The van der Waals surface area contributed by atoms with Gasteiger partial charge in [0.2, 0.25) is 5.91 Å². The van der Waals surface area contributed by atoms with E-state index in [0.29, 0.717) is 0 Å². The molecule has 1 atom stereocenters. The van der Waals surface area contributed by atoms with Crippen LogP contribution in [-0.4, -0.2) is 38.1 Å². The Morgan fingerprint density at radius 2 is 1.55 bits per heavy atom. The molecule has 1 aromatic carbocycles. The lowest BCUT2D eigenvalue weighted by molar-refractivity contribution is -0.142. The molecule has 1 rings (SSSR count). The average Bonchev–Trinajstić information content (AvgIpc) is 2.48. The van der Waals surface area contributed by atoms with Gasteiger partial charge in [0.15, 0.2) is 0 Å². The molecule has 0 aliphatic carbocycles. The molecule has 7 heteroatoms. The molecule has 0 bridgehead atoms. The normalized spacial score (nSPS) is 9.86. The average molecular weight is 312 g/mol. The number of hydrogen-bond acceptors (Lipinski definition) is 6. The van der Waals surface area contributed by atoms with E-state index in [9.17, 15) is 14.4 Å². The van der Waals surface area contributed by atoms with Gasteiger partial charge in [-0.25, -0.2) is 0 Å². The number of aryl methyl sites for hydroxylation is 1. The summed E-state index contributed by atoms with van der Waals surface area (Å²) in [6, 6.07) is 9.32. The quantitative estimate of drug-likeness (QED) is 0.785. The number of hydrogen-bond donors (Lipinski definition) is 2. The summed E-state index contributed by atoms with van der Waals surface area (Å²) in [6.45, 7) is 3.44. The van der Waals surface area contributed by atoms with Crippen molar-refractivity contribution < 1.29 is 23.9 Å². The van der Waals surface area contributed by atoms with Crippen molar-refractivity contribution in [2.24, 2.45) is 11.5 Å². The number of esters is 2. The molecule has 124 valence electrons. The summed E-state index contributed by atoms with van der Waals surface area (Å²) < 4.78 is 8.36. The molecule has 0 heterocycles. The number of nitrogens with two attached hydrogens (primary N) is 2. The molecule has 1 aromatic rings. The monoisotopic (exact) mass is 312 g/mol. The highest BCUT2D eigenvalue weighted by atomic mass is 16.5. The van der Waals surface area contributed by atoms with E-state index in [4.69, 9.17) is 11.5 Å². The van der Waals surface area contributed by atoms with Crippen LogP contribution in [-0.2, 0) is 23.9 Å². The molecule has 1 amide bonds. The fraction of sp³-hybridized carbons (Fsp3) is 0.400. The van der Waals surface area contributed by atoms with Crippen molar-refractivity contribution in [3.05, 3.63) is 35.9 Å². The minimum Gasteiger partial charge on any atom is -0.469 e. The smallest absolute Gasteiger partial charge is 0.307 e. The second-order valence-corrected chi connectivity index (χ2v) is 4.14. The molecule has 4 N–H and O–H groups in total. The predicted octanol–water partition coefficient (Wildman–Crippen LogP) is 0.536. The van der Waals surface area contributed by atoms with Gasteiger partial charge < -0.3 is 20.9 Å². The molecule has 1 unspecified atom stereocenters. The van der Waals surface area contributed by atoms with E-state index in [2.05, 4.69) is 28.5 Å². The van der Waals surface area contributed by atoms with E-state index in [1.807, 2.05) is 18.2 Å². The van der Waals surface area contributed by atoms with Crippen molar-refractivity contribution in [1.29, 1.82) is 0 Å². The maximum atomic E-state index is 10.4. The molecule has 0 spiro atoms. The van der Waals surface area contributed by atoms with Gasteiger partial charge in [-0.05, 0) is 6.92 Å². The Balaban J connectivity index is 0. The summed E-state index contributed by atoms with van der Waals surface area (Å²) in [5.41, 5.74) is 11.2. The Bertz CT molecular complexity index is 449. The Kier molecular flexibility index (Phi) is 13.5. The molecule has 0 fully saturated rings. The van der Waals surface area contributed by atoms with Crippen molar-refractivity contribution in [2.45, 2.75) is 26.3 Å². The third-order valence-corrected chi connectivity index (χ3v) is 2.21. The van der Waals surface area contributed by atoms with Crippen LogP contribution >= 0.6 is 0 Å². The summed E-state index contributed by atoms with van der Waals surface area (Å²) in [5, 5.41) is 0. The fourth-order valence-corrected chi connectivity index (χ4v) is 0.898. The standard InChI is InChI=1S/C7H8.C5H10N2O3.C3H6O2/c1-7-5-3-2-4-6-7;1-10-4(8)2-3(6)5(7)9;1-3(4)5-2/h2-6H,1H3;3H,2,6H2,1H3,(H2,7,9);1-2H3. The number of rotatable bonds is 3. The molecule has 0 aliphatic rings. The van der Waals surface area contributed by atoms with E-state index in [-0.39, 0.29) is 12.4 Å². The first-order valence-corrected chi connectivity index (χ1v) is 6.42. The first-order valence-electron chi connectivity index (χ1n) is 6.42. The summed E-state index contributed by atoms with van der Waals surface area (Å²) in [4.78, 5) is 30.2. The van der Waals surface area contributed by atoms with Crippen molar-refractivity contribution >= 4 is 17.8 Å². The van der Waals surface area contributed by atoms with E-state index in [0.717, 1.165) is 0 Å². The maximum Gasteiger partial charge on any atom is 0.307 e. The van der Waals surface area contributed by atoms with Crippen LogP contribution in [0.3, 0.4) is 0 Å². The van der Waals surface area contributed by atoms with Gasteiger partial charge in [-0.15, -0.1) is 0 Å². The number of carbonyl (C=O) groups excluding carboxylic acids is 3. The first kappa shape index (κ1) is 21.9. The van der Waals surface area contributed by atoms with Crippen LogP contribution in [0.25, 0.3) is 0 Å². The molecular formula is C15H24N2O5. The Morgan fingerprint density at radius 3 is 1.77 bits per heavy atom. The molecular weight excluding hydrogens is 288 g/mol. The van der Waals surface area contributed by atoms with E-state index >= 15 is 0 Å². The van der Waals surface area contributed by atoms with Gasteiger partial charge in [0.25, 0.3) is 0 Å². The highest BCUT2D eigenvalue weighted by Crippen LogP contribution is 1.92. The van der Waals surface area contributed by atoms with Crippen LogP contribution in [0, 0.1) is 6.92 Å². The fourth-order valence-electron chi connectivity index (χ4n) is 0.898. The zero-order valence-electron chi connectivity index (χ0n) is 13.4. The Hall–Kier alpha value is -2.41. The molecule has 7 nitrogen and oxygen atoms in total. The number of amides is 1. The number of primary amides is 1. The summed E-state index contributed by atoms with van der Waals surface area (Å²) in [5.74, 6) is -1.48. The summed E-state index contributed by atoms with van der Waals surface area (Å²) >= 11 is 0. The topological polar surface area (TPSA) is 122 Å². The number of carbonyl (C=O) groups is 3. The number of methoxy groups -OCH3 is 2. The Labute approximate surface area is 130 Å². The molecule has 0 aromatic heterocycles. The second kappa shape index (κ2) is 13.6. The van der Waals surface area contributed by atoms with Crippen LogP contribution in [0.15, 0.2) is 30.3 Å². The van der Waals surface area contributed by atoms with E-state index in [1.54, 1.807) is 0 Å². The zero-order valence-corrected chi connectivity index (χ0v) is 13.4. The largest absolute Gasteiger partial charge is 0.469 e. The third kappa shape index (κ3) is 15.6. The van der Waals surface area contributed by atoms with Crippen molar-refractivity contribution in [3.8, 4) is 0 Å². The SMILES string of the molecule is COC(=O)CC(N)C(N)=O.COC(C)=O.Cc1ccccc1. The molecule has 22 heavy (non-hydrogen) atoms. The highest BCUT2D eigenvalue weighted by Gasteiger charge is 2.13. The van der Waals surface area contributed by atoms with Crippen molar-refractivity contribution in [3.63, 3.8) is 0 Å². The van der Waals surface area contributed by atoms with Gasteiger partial charge in [0.1, 0.15) is 0 Å². The van der Waals surface area contributed by atoms with Crippen LogP contribution < -0.4 is 11.5 Å². The predicted molar refractivity (Wildman–Crippen MR) is 82.7 cm³/mol. The number of benzene rings is 1. The van der Waals surface area contributed by atoms with Gasteiger partial charge in [-0.2, -0.15) is 0 Å². The van der Waals surface area contributed by atoms with E-state index < -0.39 is 17.9 Å². The minimum absolute atomic E-state index is 0.161. The zero-order chi connectivity index (χ0) is 17.5. The van der Waals surface area contributed by atoms with Gasteiger partial charge in [-0.1, -0.05) is 35.9 Å².